The molecule has 0 bridgehead atoms. The summed E-state index contributed by atoms with van der Waals surface area (Å²) < 4.78 is 3.47. The maximum atomic E-state index is 12.0. The summed E-state index contributed by atoms with van der Waals surface area (Å²) in [7, 11) is 3.82. The highest BCUT2D eigenvalue weighted by Gasteiger charge is 2.26. The third-order valence-electron chi connectivity index (χ3n) is 6.12. The van der Waals surface area contributed by atoms with Gasteiger partial charge in [0.25, 0.3) is 5.91 Å². The number of amides is 3. The molecule has 2 aliphatic rings. The SMILES string of the molecule is Cc1c2ccc(N(C)c3nc(NC4CC4)n4ncc(/C=C5\NC(=O)NC5=O)c4n3)cc2nn1C. The van der Waals surface area contributed by atoms with Gasteiger partial charge < -0.3 is 15.5 Å². The van der Waals surface area contributed by atoms with Crippen LogP contribution in [0.5, 0.6) is 0 Å². The lowest BCUT2D eigenvalue weighted by Gasteiger charge is -2.18. The number of urea groups is 1. The van der Waals surface area contributed by atoms with Crippen molar-refractivity contribution in [2.24, 2.45) is 7.05 Å². The summed E-state index contributed by atoms with van der Waals surface area (Å²) in [6.45, 7) is 2.04. The predicted molar refractivity (Wildman–Crippen MR) is 126 cm³/mol. The predicted octanol–water partition coefficient (Wildman–Crippen LogP) is 1.84. The van der Waals surface area contributed by atoms with Crippen molar-refractivity contribution in [3.63, 3.8) is 0 Å². The molecule has 4 heterocycles. The molecule has 3 N–H and O–H groups in total. The molecular formula is C22H22N10O2. The second-order valence-corrected chi connectivity index (χ2v) is 8.54. The van der Waals surface area contributed by atoms with Gasteiger partial charge in [0.15, 0.2) is 5.65 Å². The number of carbonyl (C=O) groups excluding carboxylic acids is 2. The highest BCUT2D eigenvalue weighted by atomic mass is 16.2. The van der Waals surface area contributed by atoms with Crippen molar-refractivity contribution in [3.05, 3.63) is 41.4 Å². The number of fused-ring (bicyclic) bond motifs is 2. The fourth-order valence-electron chi connectivity index (χ4n) is 3.92. The van der Waals surface area contributed by atoms with E-state index in [1.807, 2.05) is 48.8 Å². The minimum Gasteiger partial charge on any atom is -0.351 e. The van der Waals surface area contributed by atoms with Crippen molar-refractivity contribution in [3.8, 4) is 0 Å². The highest BCUT2D eigenvalue weighted by Crippen LogP contribution is 2.30. The van der Waals surface area contributed by atoms with Gasteiger partial charge in [0, 0.05) is 42.5 Å². The number of rotatable bonds is 5. The summed E-state index contributed by atoms with van der Waals surface area (Å²) in [5.74, 6) is 0.530. The molecule has 4 aromatic rings. The third-order valence-corrected chi connectivity index (χ3v) is 6.12. The van der Waals surface area contributed by atoms with E-state index in [0.717, 1.165) is 35.1 Å². The topological polar surface area (TPSA) is 134 Å². The number of imide groups is 1. The van der Waals surface area contributed by atoms with Crippen LogP contribution < -0.4 is 20.9 Å². The Morgan fingerprint density at radius 1 is 1.21 bits per heavy atom. The van der Waals surface area contributed by atoms with Crippen LogP contribution in [0.1, 0.15) is 24.1 Å². The van der Waals surface area contributed by atoms with Crippen LogP contribution in [0.4, 0.5) is 22.4 Å². The molecule has 3 aromatic heterocycles. The van der Waals surface area contributed by atoms with Gasteiger partial charge in [0.1, 0.15) is 5.70 Å². The van der Waals surface area contributed by atoms with Crippen molar-refractivity contribution in [1.82, 2.24) is 40.0 Å². The van der Waals surface area contributed by atoms with Crippen LogP contribution in [0.2, 0.25) is 0 Å². The van der Waals surface area contributed by atoms with Crippen LogP contribution >= 0.6 is 0 Å². The number of aromatic nitrogens is 6. The second-order valence-electron chi connectivity index (χ2n) is 8.54. The molecule has 12 nitrogen and oxygen atoms in total. The number of nitrogens with zero attached hydrogens (tertiary/aromatic N) is 7. The van der Waals surface area contributed by atoms with Crippen LogP contribution in [-0.4, -0.2) is 54.4 Å². The normalized spacial score (nSPS) is 17.0. The second kappa shape index (κ2) is 7.27. The number of hydrogen-bond donors (Lipinski definition) is 3. The standard InChI is InChI=1S/C22H22N10O2/c1-11-15-7-6-14(9-16(15)29-31(11)3)30(2)20-26-18-12(8-17-19(33)27-22(34)25-17)10-23-32(18)21(28-20)24-13-4-5-13/h6-10,13H,4-5H2,1-3H3,(H,24,26,28)(H2,25,27,33,34)/b17-8-. The highest BCUT2D eigenvalue weighted by molar-refractivity contribution is 6.14. The van der Waals surface area contributed by atoms with Crippen molar-refractivity contribution in [2.45, 2.75) is 25.8 Å². The van der Waals surface area contributed by atoms with Crippen molar-refractivity contribution in [1.29, 1.82) is 0 Å². The maximum Gasteiger partial charge on any atom is 0.326 e. The number of nitrogens with one attached hydrogen (secondary N) is 3. The largest absolute Gasteiger partial charge is 0.351 e. The molecule has 172 valence electrons. The summed E-state index contributed by atoms with van der Waals surface area (Å²) in [6, 6.07) is 5.84. The van der Waals surface area contributed by atoms with Gasteiger partial charge in [0.2, 0.25) is 11.9 Å². The Bertz CT molecular complexity index is 1530. The molecule has 0 atom stereocenters. The van der Waals surface area contributed by atoms with E-state index in [4.69, 9.17) is 9.97 Å². The molecule has 0 unspecified atom stereocenters. The molecule has 2 fully saturated rings. The monoisotopic (exact) mass is 458 g/mol. The molecule has 0 radical (unpaired) electrons. The summed E-state index contributed by atoms with van der Waals surface area (Å²) >= 11 is 0. The zero-order valence-electron chi connectivity index (χ0n) is 18.8. The van der Waals surface area contributed by atoms with Gasteiger partial charge in [-0.15, -0.1) is 0 Å². The zero-order valence-corrected chi connectivity index (χ0v) is 18.8. The van der Waals surface area contributed by atoms with E-state index in [1.54, 1.807) is 16.8 Å². The Hall–Kier alpha value is -4.48. The Morgan fingerprint density at radius 3 is 2.76 bits per heavy atom. The molecule has 1 aliphatic heterocycles. The number of anilines is 3. The maximum absolute atomic E-state index is 12.0. The first-order valence-corrected chi connectivity index (χ1v) is 10.9. The number of benzene rings is 1. The van der Waals surface area contributed by atoms with Crippen LogP contribution in [0, 0.1) is 6.92 Å². The quantitative estimate of drug-likeness (QED) is 0.305. The molecule has 1 saturated carbocycles. The zero-order chi connectivity index (χ0) is 23.6. The Balaban J connectivity index is 1.45. The van der Waals surface area contributed by atoms with Crippen LogP contribution in [-0.2, 0) is 11.8 Å². The molecule has 1 aromatic carbocycles. The van der Waals surface area contributed by atoms with E-state index in [1.165, 1.54) is 0 Å². The van der Waals surface area contributed by atoms with E-state index in [0.29, 0.717) is 29.1 Å². The molecule has 34 heavy (non-hydrogen) atoms. The molecule has 1 saturated heterocycles. The van der Waals surface area contributed by atoms with Gasteiger partial charge in [-0.3, -0.25) is 14.8 Å². The summed E-state index contributed by atoms with van der Waals surface area (Å²) in [6.07, 6.45) is 5.29. The molecule has 6 rings (SSSR count). The lowest BCUT2D eigenvalue weighted by Crippen LogP contribution is -2.22. The van der Waals surface area contributed by atoms with E-state index < -0.39 is 11.9 Å². The summed E-state index contributed by atoms with van der Waals surface area (Å²) in [5, 5.41) is 18.2. The fraction of sp³-hybridized carbons (Fsp3) is 0.273. The fourth-order valence-corrected chi connectivity index (χ4v) is 3.92. The van der Waals surface area contributed by atoms with Crippen molar-refractivity contribution >= 4 is 52.1 Å². The van der Waals surface area contributed by atoms with Gasteiger partial charge >= 0.3 is 6.03 Å². The van der Waals surface area contributed by atoms with Crippen molar-refractivity contribution < 1.29 is 9.59 Å². The molecule has 0 spiro atoms. The van der Waals surface area contributed by atoms with E-state index in [9.17, 15) is 9.59 Å². The van der Waals surface area contributed by atoms with Crippen molar-refractivity contribution in [2.75, 3.05) is 17.3 Å². The number of hydrogen-bond acceptors (Lipinski definition) is 8. The Morgan fingerprint density at radius 2 is 2.03 bits per heavy atom. The molecule has 1 aliphatic carbocycles. The number of aryl methyl sites for hydroxylation is 2. The van der Waals surface area contributed by atoms with Gasteiger partial charge in [0.05, 0.1) is 11.7 Å². The van der Waals surface area contributed by atoms with Gasteiger partial charge in [-0.1, -0.05) is 0 Å². The average molecular weight is 458 g/mol. The summed E-state index contributed by atoms with van der Waals surface area (Å²) in [4.78, 5) is 34.9. The van der Waals surface area contributed by atoms with E-state index in [-0.39, 0.29) is 5.70 Å². The first kappa shape index (κ1) is 20.1. The lowest BCUT2D eigenvalue weighted by molar-refractivity contribution is -0.115. The summed E-state index contributed by atoms with van der Waals surface area (Å²) in [5.41, 5.74) is 4.10. The van der Waals surface area contributed by atoms with Crippen LogP contribution in [0.15, 0.2) is 30.1 Å². The first-order valence-electron chi connectivity index (χ1n) is 10.9. The van der Waals surface area contributed by atoms with Gasteiger partial charge in [-0.2, -0.15) is 24.7 Å². The van der Waals surface area contributed by atoms with Gasteiger partial charge in [-0.05, 0) is 44.0 Å². The third kappa shape index (κ3) is 3.31. The first-order chi connectivity index (χ1) is 16.4. The molecular weight excluding hydrogens is 436 g/mol. The average Bonchev–Trinajstić information content (AvgIpc) is 3.35. The number of carbonyl (C=O) groups is 2. The molecule has 12 heteroatoms. The molecule has 3 amide bonds. The van der Waals surface area contributed by atoms with Crippen LogP contribution in [0.3, 0.4) is 0 Å². The Kier molecular flexibility index (Phi) is 4.31. The Labute approximate surface area is 193 Å². The lowest BCUT2D eigenvalue weighted by atomic mass is 10.2. The van der Waals surface area contributed by atoms with Gasteiger partial charge in [-0.25, -0.2) is 4.79 Å². The minimum absolute atomic E-state index is 0.140. The smallest absolute Gasteiger partial charge is 0.326 e. The van der Waals surface area contributed by atoms with Crippen LogP contribution in [0.25, 0.3) is 22.6 Å². The van der Waals surface area contributed by atoms with E-state index in [2.05, 4.69) is 26.1 Å². The minimum atomic E-state index is -0.556. The van der Waals surface area contributed by atoms with E-state index >= 15 is 0 Å².